The van der Waals surface area contributed by atoms with E-state index in [1.165, 1.54) is 11.8 Å². The smallest absolute Gasteiger partial charge is 0.262 e. The Kier molecular flexibility index (Phi) is 6.04. The predicted molar refractivity (Wildman–Crippen MR) is 112 cm³/mol. The Morgan fingerprint density at radius 3 is 2.50 bits per heavy atom. The Morgan fingerprint density at radius 2 is 1.86 bits per heavy atom. The summed E-state index contributed by atoms with van der Waals surface area (Å²) in [4.78, 5) is 31.7. The lowest BCUT2D eigenvalue weighted by Gasteiger charge is -2.19. The van der Waals surface area contributed by atoms with Gasteiger partial charge in [0.05, 0.1) is 29.8 Å². The molecule has 0 saturated heterocycles. The third kappa shape index (κ3) is 4.20. The minimum absolute atomic E-state index is 0.0246. The molecule has 0 spiro atoms. The Balaban J connectivity index is 2.05. The summed E-state index contributed by atoms with van der Waals surface area (Å²) in [6, 6.07) is 14.8. The molecule has 0 saturated carbocycles. The molecule has 0 radical (unpaired) electrons. The third-order valence-electron chi connectivity index (χ3n) is 4.40. The monoisotopic (exact) mass is 397 g/mol. The highest BCUT2D eigenvalue weighted by Crippen LogP contribution is 2.24. The number of fused-ring (bicyclic) bond motifs is 1. The average Bonchev–Trinajstić information content (AvgIpc) is 2.70. The van der Waals surface area contributed by atoms with Gasteiger partial charge in [0.25, 0.3) is 5.56 Å². The van der Waals surface area contributed by atoms with E-state index < -0.39 is 0 Å². The molecule has 0 aliphatic carbocycles. The number of aromatic nitrogens is 2. The van der Waals surface area contributed by atoms with Crippen LogP contribution >= 0.6 is 11.8 Å². The summed E-state index contributed by atoms with van der Waals surface area (Å²) < 4.78 is 6.83. The lowest BCUT2D eigenvalue weighted by Crippen LogP contribution is -2.31. The molecule has 0 aliphatic heterocycles. The second kappa shape index (κ2) is 8.48. The Morgan fingerprint density at radius 1 is 1.18 bits per heavy atom. The van der Waals surface area contributed by atoms with Crippen molar-refractivity contribution in [2.45, 2.75) is 23.9 Å². The van der Waals surface area contributed by atoms with Crippen molar-refractivity contribution < 1.29 is 9.53 Å². The van der Waals surface area contributed by atoms with Crippen LogP contribution in [0.5, 0.6) is 5.75 Å². The number of rotatable bonds is 6. The number of hydrogen-bond acceptors (Lipinski definition) is 5. The molecule has 6 nitrogen and oxygen atoms in total. The van der Waals surface area contributed by atoms with Crippen molar-refractivity contribution in [3.05, 3.63) is 64.4 Å². The van der Waals surface area contributed by atoms with Crippen molar-refractivity contribution in [3.63, 3.8) is 0 Å². The summed E-state index contributed by atoms with van der Waals surface area (Å²) in [5.41, 5.74) is 1.47. The SMILES string of the molecule is COc1ccc(Cn2c(S[C@H](C)C(=O)N(C)C)nc3ccccc3c2=O)cc1. The van der Waals surface area contributed by atoms with Gasteiger partial charge in [-0.3, -0.25) is 14.2 Å². The van der Waals surface area contributed by atoms with Gasteiger partial charge in [0, 0.05) is 14.1 Å². The number of methoxy groups -OCH3 is 1. The van der Waals surface area contributed by atoms with Crippen LogP contribution in [0.4, 0.5) is 0 Å². The third-order valence-corrected chi connectivity index (χ3v) is 5.47. The van der Waals surface area contributed by atoms with Gasteiger partial charge < -0.3 is 9.64 Å². The van der Waals surface area contributed by atoms with Crippen LogP contribution in [0.25, 0.3) is 10.9 Å². The van der Waals surface area contributed by atoms with Crippen LogP contribution in [0.1, 0.15) is 12.5 Å². The van der Waals surface area contributed by atoms with Crippen molar-refractivity contribution in [1.29, 1.82) is 0 Å². The number of para-hydroxylation sites is 1. The van der Waals surface area contributed by atoms with E-state index in [2.05, 4.69) is 4.98 Å². The van der Waals surface area contributed by atoms with Crippen molar-refractivity contribution in [2.24, 2.45) is 0 Å². The number of amides is 1. The van der Waals surface area contributed by atoms with E-state index in [1.54, 1.807) is 36.7 Å². The maximum atomic E-state index is 13.2. The van der Waals surface area contributed by atoms with Gasteiger partial charge in [0.1, 0.15) is 5.75 Å². The van der Waals surface area contributed by atoms with Crippen molar-refractivity contribution in [3.8, 4) is 5.75 Å². The van der Waals surface area contributed by atoms with Gasteiger partial charge in [0.2, 0.25) is 5.91 Å². The highest BCUT2D eigenvalue weighted by molar-refractivity contribution is 8.00. The fourth-order valence-electron chi connectivity index (χ4n) is 2.86. The topological polar surface area (TPSA) is 64.4 Å². The van der Waals surface area contributed by atoms with Crippen LogP contribution in [0.3, 0.4) is 0 Å². The minimum Gasteiger partial charge on any atom is -0.497 e. The van der Waals surface area contributed by atoms with E-state index in [0.29, 0.717) is 22.6 Å². The quantitative estimate of drug-likeness (QED) is 0.473. The van der Waals surface area contributed by atoms with Gasteiger partial charge in [-0.2, -0.15) is 0 Å². The molecular weight excluding hydrogens is 374 g/mol. The first-order valence-corrected chi connectivity index (χ1v) is 9.79. The maximum Gasteiger partial charge on any atom is 0.262 e. The van der Waals surface area contributed by atoms with Crippen LogP contribution < -0.4 is 10.3 Å². The second-order valence-corrected chi connectivity index (χ2v) is 7.95. The standard InChI is InChI=1S/C21H23N3O3S/c1-14(19(25)23(2)3)28-21-22-18-8-6-5-7-17(18)20(26)24(21)13-15-9-11-16(27-4)12-10-15/h5-12,14H,13H2,1-4H3/t14-/m1/s1. The number of carbonyl (C=O) groups is 1. The van der Waals surface area contributed by atoms with Gasteiger partial charge in [-0.1, -0.05) is 36.0 Å². The molecule has 1 atom stereocenters. The fraction of sp³-hybridized carbons (Fsp3) is 0.286. The van der Waals surface area contributed by atoms with E-state index in [4.69, 9.17) is 4.74 Å². The van der Waals surface area contributed by atoms with Gasteiger partial charge in [-0.15, -0.1) is 0 Å². The zero-order valence-electron chi connectivity index (χ0n) is 16.4. The summed E-state index contributed by atoms with van der Waals surface area (Å²) in [7, 11) is 5.06. The summed E-state index contributed by atoms with van der Waals surface area (Å²) in [6.07, 6.45) is 0. The molecule has 7 heteroatoms. The first-order valence-electron chi connectivity index (χ1n) is 8.91. The lowest BCUT2D eigenvalue weighted by atomic mass is 10.2. The molecule has 2 aromatic carbocycles. The van der Waals surface area contributed by atoms with E-state index in [-0.39, 0.29) is 16.7 Å². The molecule has 28 heavy (non-hydrogen) atoms. The number of thioether (sulfide) groups is 1. The van der Waals surface area contributed by atoms with Crippen LogP contribution in [0.2, 0.25) is 0 Å². The molecule has 1 aromatic heterocycles. The Labute approximate surface area is 168 Å². The molecule has 0 bridgehead atoms. The summed E-state index contributed by atoms with van der Waals surface area (Å²) >= 11 is 1.30. The Bertz CT molecular complexity index is 1040. The normalized spacial score (nSPS) is 12.0. The van der Waals surface area contributed by atoms with E-state index in [9.17, 15) is 9.59 Å². The van der Waals surface area contributed by atoms with Crippen molar-refractivity contribution in [2.75, 3.05) is 21.2 Å². The molecule has 0 N–H and O–H groups in total. The van der Waals surface area contributed by atoms with Crippen LogP contribution in [0, 0.1) is 0 Å². The van der Waals surface area contributed by atoms with Gasteiger partial charge in [-0.25, -0.2) is 4.98 Å². The predicted octanol–water partition coefficient (Wildman–Crippen LogP) is 3.02. The molecular formula is C21H23N3O3S. The summed E-state index contributed by atoms with van der Waals surface area (Å²) in [6.45, 7) is 2.19. The van der Waals surface area contributed by atoms with Crippen molar-refractivity contribution in [1.82, 2.24) is 14.5 Å². The molecule has 3 rings (SSSR count). The lowest BCUT2D eigenvalue weighted by molar-refractivity contribution is -0.127. The number of benzene rings is 2. The highest BCUT2D eigenvalue weighted by Gasteiger charge is 2.20. The molecule has 0 aliphatic rings. The average molecular weight is 398 g/mol. The number of nitrogens with zero attached hydrogens (tertiary/aromatic N) is 3. The summed E-state index contributed by atoms with van der Waals surface area (Å²) in [5, 5.41) is 0.736. The largest absolute Gasteiger partial charge is 0.497 e. The molecule has 1 heterocycles. The van der Waals surface area contributed by atoms with Gasteiger partial charge in [-0.05, 0) is 36.8 Å². The van der Waals surface area contributed by atoms with Crippen LogP contribution in [-0.4, -0.2) is 46.8 Å². The highest BCUT2D eigenvalue weighted by atomic mass is 32.2. The van der Waals surface area contributed by atoms with Gasteiger partial charge in [0.15, 0.2) is 5.16 Å². The fourth-order valence-corrected chi connectivity index (χ4v) is 3.92. The molecule has 1 amide bonds. The zero-order valence-corrected chi connectivity index (χ0v) is 17.2. The molecule has 0 unspecified atom stereocenters. The van der Waals surface area contributed by atoms with E-state index >= 15 is 0 Å². The maximum absolute atomic E-state index is 13.2. The zero-order chi connectivity index (χ0) is 20.3. The minimum atomic E-state index is -0.356. The number of ether oxygens (including phenoxy) is 1. The van der Waals surface area contributed by atoms with Gasteiger partial charge >= 0.3 is 0 Å². The summed E-state index contributed by atoms with van der Waals surface area (Å²) in [5.74, 6) is 0.732. The van der Waals surface area contributed by atoms with E-state index in [1.807, 2.05) is 49.4 Å². The molecule has 3 aromatic rings. The number of hydrogen-bond donors (Lipinski definition) is 0. The first kappa shape index (κ1) is 19.9. The molecule has 0 fully saturated rings. The Hall–Kier alpha value is -2.80. The van der Waals surface area contributed by atoms with Crippen molar-refractivity contribution >= 4 is 28.6 Å². The number of carbonyl (C=O) groups excluding carboxylic acids is 1. The van der Waals surface area contributed by atoms with Crippen LogP contribution in [-0.2, 0) is 11.3 Å². The van der Waals surface area contributed by atoms with Crippen LogP contribution in [0.15, 0.2) is 58.5 Å². The first-order chi connectivity index (χ1) is 13.4. The second-order valence-electron chi connectivity index (χ2n) is 6.64. The van der Waals surface area contributed by atoms with E-state index in [0.717, 1.165) is 11.3 Å². The molecule has 146 valence electrons.